The lowest BCUT2D eigenvalue weighted by molar-refractivity contribution is -0.137. The van der Waals surface area contributed by atoms with Crippen molar-refractivity contribution in [1.29, 1.82) is 0 Å². The molecule has 0 saturated carbocycles. The molecular weight excluding hydrogens is 644 g/mol. The summed E-state index contributed by atoms with van der Waals surface area (Å²) in [5, 5.41) is 129. The summed E-state index contributed by atoms with van der Waals surface area (Å²) in [6, 6.07) is 0. The van der Waals surface area contributed by atoms with Crippen LogP contribution in [-0.4, -0.2) is 184 Å². The van der Waals surface area contributed by atoms with Gasteiger partial charge in [0.1, 0.15) is 30.5 Å². The Labute approximate surface area is 286 Å². The minimum atomic E-state index is -0.954. The summed E-state index contributed by atoms with van der Waals surface area (Å²) < 4.78 is 0. The predicted octanol–water partition coefficient (Wildman–Crippen LogP) is -2.79. The molecule has 0 amide bonds. The van der Waals surface area contributed by atoms with E-state index in [2.05, 4.69) is 6.92 Å². The van der Waals surface area contributed by atoms with E-state index in [1.54, 1.807) is 0 Å². The third-order valence-corrected chi connectivity index (χ3v) is 5.60. The van der Waals surface area contributed by atoms with Gasteiger partial charge < -0.3 is 81.7 Å². The van der Waals surface area contributed by atoms with Crippen molar-refractivity contribution in [3.05, 3.63) is 0 Å². The molecule has 17 heteroatoms. The van der Waals surface area contributed by atoms with Crippen LogP contribution in [0.25, 0.3) is 0 Å². The van der Waals surface area contributed by atoms with Gasteiger partial charge in [0.25, 0.3) is 0 Å². The minimum Gasteiger partial charge on any atom is -0.481 e. The molecule has 0 aliphatic heterocycles. The van der Waals surface area contributed by atoms with Crippen LogP contribution in [0.2, 0.25) is 0 Å². The van der Waals surface area contributed by atoms with Crippen molar-refractivity contribution in [1.82, 2.24) is 0 Å². The van der Waals surface area contributed by atoms with Crippen molar-refractivity contribution in [3.8, 4) is 0 Å². The molecule has 0 fully saturated rings. The van der Waals surface area contributed by atoms with Gasteiger partial charge in [-0.2, -0.15) is 0 Å². The molecule has 48 heavy (non-hydrogen) atoms. The molecule has 0 bridgehead atoms. The summed E-state index contributed by atoms with van der Waals surface area (Å²) in [5.74, 6) is -0.655. The third kappa shape index (κ3) is 75.3. The smallest absolute Gasteiger partial charge is 0.303 e. The van der Waals surface area contributed by atoms with Crippen molar-refractivity contribution >= 4 is 5.97 Å². The molecular formula is C31H72O17. The van der Waals surface area contributed by atoms with Gasteiger partial charge in [-0.15, -0.1) is 0 Å². The Morgan fingerprint density at radius 1 is 0.354 bits per heavy atom. The van der Waals surface area contributed by atoms with Gasteiger partial charge in [0, 0.05) is 6.42 Å². The highest BCUT2D eigenvalue weighted by Crippen LogP contribution is 2.12. The molecule has 0 spiro atoms. The average Bonchev–Trinajstić information content (AvgIpc) is 3.12. The molecule has 298 valence electrons. The van der Waals surface area contributed by atoms with Gasteiger partial charge in [-0.25, -0.2) is 0 Å². The normalized spacial score (nSPS) is 10.3. The zero-order chi connectivity index (χ0) is 38.4. The first-order valence-corrected chi connectivity index (χ1v) is 16.5. The Balaban J connectivity index is -0.000000122. The molecule has 0 radical (unpaired) electrons. The highest BCUT2D eigenvalue weighted by molar-refractivity contribution is 5.66. The summed E-state index contributed by atoms with van der Waals surface area (Å²) in [6.07, 6.45) is 12.5. The topological polar surface area (TPSA) is 341 Å². The monoisotopic (exact) mass is 716 g/mol. The van der Waals surface area contributed by atoms with E-state index in [1.165, 1.54) is 70.6 Å². The van der Waals surface area contributed by atoms with Gasteiger partial charge in [0.15, 0.2) is 0 Å². The first-order valence-electron chi connectivity index (χ1n) is 16.5. The SMILES string of the molecule is CCCCCCCCCCCCCCCC(=O)O.OCC(O)CO.OCC(O)CO.OCC(O)CO.OCC(O)CO.OCC(O)CO. The van der Waals surface area contributed by atoms with Crippen LogP contribution in [0.4, 0.5) is 0 Å². The van der Waals surface area contributed by atoms with Gasteiger partial charge in [0.2, 0.25) is 0 Å². The summed E-state index contributed by atoms with van der Waals surface area (Å²) in [4.78, 5) is 10.3. The van der Waals surface area contributed by atoms with Crippen LogP contribution in [0, 0.1) is 0 Å². The number of aliphatic carboxylic acids is 1. The number of aliphatic hydroxyl groups is 15. The van der Waals surface area contributed by atoms with Crippen LogP contribution in [0.5, 0.6) is 0 Å². The molecule has 0 aromatic heterocycles. The number of unbranched alkanes of at least 4 members (excludes halogenated alkanes) is 12. The maximum absolute atomic E-state index is 10.3. The van der Waals surface area contributed by atoms with Gasteiger partial charge in [-0.1, -0.05) is 84.0 Å². The van der Waals surface area contributed by atoms with E-state index in [1.807, 2.05) is 0 Å². The van der Waals surface area contributed by atoms with Crippen molar-refractivity contribution in [2.75, 3.05) is 66.1 Å². The summed E-state index contributed by atoms with van der Waals surface area (Å²) in [5.41, 5.74) is 0. The molecule has 0 saturated heterocycles. The zero-order valence-electron chi connectivity index (χ0n) is 28.9. The van der Waals surface area contributed by atoms with Gasteiger partial charge in [0.05, 0.1) is 66.1 Å². The van der Waals surface area contributed by atoms with Crippen molar-refractivity contribution in [3.63, 3.8) is 0 Å². The summed E-state index contributed by atoms with van der Waals surface area (Å²) >= 11 is 0. The van der Waals surface area contributed by atoms with Crippen LogP contribution < -0.4 is 0 Å². The average molecular weight is 717 g/mol. The van der Waals surface area contributed by atoms with E-state index < -0.39 is 36.5 Å². The van der Waals surface area contributed by atoms with Crippen LogP contribution in [-0.2, 0) is 4.79 Å². The lowest BCUT2D eigenvalue weighted by Crippen LogP contribution is -2.15. The number of carbonyl (C=O) groups is 1. The predicted molar refractivity (Wildman–Crippen MR) is 179 cm³/mol. The lowest BCUT2D eigenvalue weighted by Gasteiger charge is -2.02. The molecule has 16 N–H and O–H groups in total. The van der Waals surface area contributed by atoms with Crippen LogP contribution in [0.15, 0.2) is 0 Å². The maximum Gasteiger partial charge on any atom is 0.303 e. The zero-order valence-corrected chi connectivity index (χ0v) is 28.9. The largest absolute Gasteiger partial charge is 0.481 e. The van der Waals surface area contributed by atoms with Crippen molar-refractivity contribution < 1.29 is 86.5 Å². The third-order valence-electron chi connectivity index (χ3n) is 5.60. The molecule has 0 atom stereocenters. The quantitative estimate of drug-likeness (QED) is 0.0449. The summed E-state index contributed by atoms with van der Waals surface area (Å²) in [6.45, 7) is -1.39. The first kappa shape index (κ1) is 59.0. The molecule has 0 aromatic rings. The molecule has 0 aliphatic rings. The second kappa shape index (κ2) is 55.3. The summed E-state index contributed by atoms with van der Waals surface area (Å²) in [7, 11) is 0. The standard InChI is InChI=1S/C16H32O2.5C3H8O3/c1-2-3-4-5-6-7-8-9-10-11-12-13-14-15-16(17)18;5*4-1-3(6)2-5/h2-15H2,1H3,(H,17,18);5*3-6H,1-2H2. The number of hydrogen-bond donors (Lipinski definition) is 16. The van der Waals surface area contributed by atoms with Gasteiger partial charge in [-0.3, -0.25) is 4.79 Å². The molecule has 0 aliphatic carbocycles. The fourth-order valence-corrected chi connectivity index (χ4v) is 2.58. The van der Waals surface area contributed by atoms with E-state index in [0.717, 1.165) is 12.8 Å². The molecule has 0 heterocycles. The number of carboxylic acids is 1. The second-order valence-electron chi connectivity index (χ2n) is 10.5. The Morgan fingerprint density at radius 3 is 0.646 bits per heavy atom. The molecule has 0 unspecified atom stereocenters. The number of aliphatic hydroxyl groups excluding tert-OH is 15. The molecule has 17 nitrogen and oxygen atoms in total. The minimum absolute atomic E-state index is 0.345. The van der Waals surface area contributed by atoms with E-state index in [-0.39, 0.29) is 66.1 Å². The molecule has 0 aromatic carbocycles. The van der Waals surface area contributed by atoms with E-state index in [9.17, 15) is 4.79 Å². The van der Waals surface area contributed by atoms with Crippen molar-refractivity contribution in [2.45, 2.75) is 127 Å². The van der Waals surface area contributed by atoms with Crippen LogP contribution in [0.1, 0.15) is 96.8 Å². The van der Waals surface area contributed by atoms with E-state index in [0.29, 0.717) is 6.42 Å². The van der Waals surface area contributed by atoms with E-state index >= 15 is 0 Å². The fourth-order valence-electron chi connectivity index (χ4n) is 2.58. The maximum atomic E-state index is 10.3. The second-order valence-corrected chi connectivity index (χ2v) is 10.5. The number of hydrogen-bond acceptors (Lipinski definition) is 16. The Kier molecular flexibility index (Phi) is 68.0. The Hall–Kier alpha value is -1.13. The van der Waals surface area contributed by atoms with E-state index in [4.69, 9.17) is 81.7 Å². The van der Waals surface area contributed by atoms with Crippen molar-refractivity contribution in [2.24, 2.45) is 0 Å². The number of rotatable bonds is 24. The lowest BCUT2D eigenvalue weighted by atomic mass is 10.0. The Morgan fingerprint density at radius 2 is 0.521 bits per heavy atom. The van der Waals surface area contributed by atoms with Gasteiger partial charge >= 0.3 is 5.97 Å². The number of carboxylic acid groups (broad SMARTS) is 1. The van der Waals surface area contributed by atoms with Crippen LogP contribution >= 0.6 is 0 Å². The first-order chi connectivity index (χ1) is 22.8. The Bertz CT molecular complexity index is 457. The molecule has 0 rings (SSSR count). The van der Waals surface area contributed by atoms with Crippen LogP contribution in [0.3, 0.4) is 0 Å². The highest BCUT2D eigenvalue weighted by atomic mass is 16.4. The highest BCUT2D eigenvalue weighted by Gasteiger charge is 1.98. The fraction of sp³-hybridized carbons (Fsp3) is 0.968. The van der Waals surface area contributed by atoms with Gasteiger partial charge in [-0.05, 0) is 6.42 Å².